The van der Waals surface area contributed by atoms with Gasteiger partial charge < -0.3 is 9.84 Å². The number of aryl methyl sites for hydroxylation is 1. The Labute approximate surface area is 78.2 Å². The second-order valence-corrected chi connectivity index (χ2v) is 4.58. The maximum absolute atomic E-state index is 9.71. The van der Waals surface area contributed by atoms with E-state index >= 15 is 0 Å². The molecular weight excluding hydrogens is 164 g/mol. The molecule has 0 saturated heterocycles. The van der Waals surface area contributed by atoms with E-state index in [-0.39, 0.29) is 5.41 Å². The summed E-state index contributed by atoms with van der Waals surface area (Å²) in [6.45, 7) is 8.22. The third-order valence-corrected chi connectivity index (χ3v) is 2.42. The third kappa shape index (κ3) is 1.01. The molecule has 3 rings (SSSR count). The fraction of sp³-hybridized carbons (Fsp3) is 0.455. The van der Waals surface area contributed by atoms with Crippen molar-refractivity contribution < 1.29 is 9.84 Å². The second kappa shape index (κ2) is 2.19. The Kier molecular flexibility index (Phi) is 1.42. The number of aromatic hydroxyl groups is 1. The molecule has 2 heterocycles. The van der Waals surface area contributed by atoms with Gasteiger partial charge in [-0.05, 0) is 12.3 Å². The lowest BCUT2D eigenvalue weighted by atomic mass is 9.83. The van der Waals surface area contributed by atoms with Crippen LogP contribution in [0.4, 0.5) is 0 Å². The first-order valence-electron chi connectivity index (χ1n) is 4.46. The van der Waals surface area contributed by atoms with Crippen molar-refractivity contribution in [3.8, 4) is 17.2 Å². The number of phenols is 1. The van der Waals surface area contributed by atoms with Crippen molar-refractivity contribution in [3.63, 3.8) is 0 Å². The zero-order valence-corrected chi connectivity index (χ0v) is 8.43. The SMILES string of the molecule is Cc1c2cc(O)c(C(C)(C)C)c1O2. The van der Waals surface area contributed by atoms with Crippen molar-refractivity contribution in [2.45, 2.75) is 33.1 Å². The average Bonchev–Trinajstić information content (AvgIpc) is 2.00. The van der Waals surface area contributed by atoms with E-state index < -0.39 is 0 Å². The van der Waals surface area contributed by atoms with Gasteiger partial charge in [0, 0.05) is 17.2 Å². The van der Waals surface area contributed by atoms with Gasteiger partial charge in [-0.25, -0.2) is 0 Å². The largest absolute Gasteiger partial charge is 0.507 e. The molecule has 0 aliphatic carbocycles. The van der Waals surface area contributed by atoms with Crippen molar-refractivity contribution >= 4 is 0 Å². The lowest BCUT2D eigenvalue weighted by Gasteiger charge is -2.31. The molecule has 0 atom stereocenters. The van der Waals surface area contributed by atoms with Crippen LogP contribution in [-0.2, 0) is 5.41 Å². The Hall–Kier alpha value is -1.18. The van der Waals surface area contributed by atoms with Crippen LogP contribution in [0.3, 0.4) is 0 Å². The summed E-state index contributed by atoms with van der Waals surface area (Å²) >= 11 is 0. The van der Waals surface area contributed by atoms with Crippen LogP contribution in [0.2, 0.25) is 0 Å². The molecule has 70 valence electrons. The summed E-state index contributed by atoms with van der Waals surface area (Å²) in [6, 6.07) is 1.70. The summed E-state index contributed by atoms with van der Waals surface area (Å²) in [5, 5.41) is 9.71. The molecule has 2 aliphatic rings. The summed E-state index contributed by atoms with van der Waals surface area (Å²) in [5.74, 6) is 2.03. The molecule has 0 saturated carbocycles. The topological polar surface area (TPSA) is 29.5 Å². The molecule has 1 aromatic rings. The highest BCUT2D eigenvalue weighted by Crippen LogP contribution is 2.52. The number of fused-ring (bicyclic) bond motifs is 2. The van der Waals surface area contributed by atoms with Crippen molar-refractivity contribution in [1.29, 1.82) is 0 Å². The molecule has 0 aromatic heterocycles. The molecule has 2 nitrogen and oxygen atoms in total. The Morgan fingerprint density at radius 1 is 1.31 bits per heavy atom. The van der Waals surface area contributed by atoms with Crippen LogP contribution in [0.5, 0.6) is 17.2 Å². The molecule has 2 aliphatic heterocycles. The highest BCUT2D eigenvalue weighted by atomic mass is 16.5. The third-order valence-electron chi connectivity index (χ3n) is 2.42. The van der Waals surface area contributed by atoms with Crippen molar-refractivity contribution in [2.75, 3.05) is 0 Å². The molecule has 1 N–H and O–H groups in total. The van der Waals surface area contributed by atoms with Gasteiger partial charge in [0.05, 0.1) is 0 Å². The van der Waals surface area contributed by atoms with Crippen LogP contribution in [0, 0.1) is 6.92 Å². The Balaban J connectivity index is 2.66. The number of rotatable bonds is 0. The van der Waals surface area contributed by atoms with Gasteiger partial charge in [-0.15, -0.1) is 0 Å². The van der Waals surface area contributed by atoms with Gasteiger partial charge in [0.2, 0.25) is 0 Å². The first-order chi connectivity index (χ1) is 5.91. The molecule has 0 spiro atoms. The summed E-state index contributed by atoms with van der Waals surface area (Å²) in [7, 11) is 0. The van der Waals surface area contributed by atoms with Gasteiger partial charge in [-0.3, -0.25) is 0 Å². The van der Waals surface area contributed by atoms with Crippen LogP contribution >= 0.6 is 0 Å². The molecule has 0 radical (unpaired) electrons. The van der Waals surface area contributed by atoms with Crippen LogP contribution in [0.25, 0.3) is 0 Å². The Morgan fingerprint density at radius 3 is 2.31 bits per heavy atom. The van der Waals surface area contributed by atoms with Gasteiger partial charge in [0.1, 0.15) is 17.2 Å². The number of phenolic OH excluding ortho intramolecular Hbond substituents is 1. The summed E-state index contributed by atoms with van der Waals surface area (Å²) in [4.78, 5) is 0. The van der Waals surface area contributed by atoms with E-state index in [0.29, 0.717) is 5.75 Å². The molecule has 2 bridgehead atoms. The first kappa shape index (κ1) is 8.42. The quantitative estimate of drug-likeness (QED) is 0.671. The Morgan fingerprint density at radius 2 is 1.92 bits per heavy atom. The van der Waals surface area contributed by atoms with E-state index in [1.54, 1.807) is 6.07 Å². The number of hydrogen-bond donors (Lipinski definition) is 1. The highest BCUT2D eigenvalue weighted by Gasteiger charge is 2.32. The standard InChI is InChI=1S/C11H14O2/c1-6-8-5-7(12)9(10(6)13-8)11(2,3)4/h5,12H,1-4H3. The van der Waals surface area contributed by atoms with Crippen molar-refractivity contribution in [1.82, 2.24) is 0 Å². The van der Waals surface area contributed by atoms with Gasteiger partial charge in [-0.2, -0.15) is 0 Å². The maximum atomic E-state index is 9.71. The number of ether oxygens (including phenoxy) is 1. The summed E-state index contributed by atoms with van der Waals surface area (Å²) in [6.07, 6.45) is 0. The van der Waals surface area contributed by atoms with E-state index in [2.05, 4.69) is 20.8 Å². The van der Waals surface area contributed by atoms with Crippen LogP contribution < -0.4 is 4.74 Å². The van der Waals surface area contributed by atoms with Crippen LogP contribution in [0.1, 0.15) is 31.9 Å². The molecule has 0 unspecified atom stereocenters. The van der Waals surface area contributed by atoms with E-state index in [0.717, 1.165) is 22.6 Å². The van der Waals surface area contributed by atoms with E-state index in [1.165, 1.54) is 0 Å². The zero-order valence-electron chi connectivity index (χ0n) is 8.43. The van der Waals surface area contributed by atoms with Gasteiger partial charge in [0.25, 0.3) is 0 Å². The fourth-order valence-electron chi connectivity index (χ4n) is 1.74. The first-order valence-corrected chi connectivity index (χ1v) is 4.46. The predicted molar refractivity (Wildman–Crippen MR) is 51.6 cm³/mol. The minimum absolute atomic E-state index is 0.0663. The highest BCUT2D eigenvalue weighted by molar-refractivity contribution is 5.65. The maximum Gasteiger partial charge on any atom is 0.141 e. The second-order valence-electron chi connectivity index (χ2n) is 4.58. The average molecular weight is 178 g/mol. The Bertz CT molecular complexity index is 373. The smallest absolute Gasteiger partial charge is 0.141 e. The zero-order chi connectivity index (χ0) is 9.80. The molecule has 0 fully saturated rings. The lowest BCUT2D eigenvalue weighted by Crippen LogP contribution is -2.17. The summed E-state index contributed by atoms with van der Waals surface area (Å²) < 4.78 is 5.42. The predicted octanol–water partition coefficient (Wildman–Crippen LogP) is 3.10. The van der Waals surface area contributed by atoms with Crippen LogP contribution in [-0.4, -0.2) is 5.11 Å². The number of hydrogen-bond acceptors (Lipinski definition) is 2. The summed E-state index contributed by atoms with van der Waals surface area (Å²) in [5.41, 5.74) is 2.01. The van der Waals surface area contributed by atoms with Gasteiger partial charge >= 0.3 is 0 Å². The fourth-order valence-corrected chi connectivity index (χ4v) is 1.74. The van der Waals surface area contributed by atoms with E-state index in [1.807, 2.05) is 6.92 Å². The van der Waals surface area contributed by atoms with E-state index in [4.69, 9.17) is 4.74 Å². The normalized spacial score (nSPS) is 13.5. The minimum atomic E-state index is -0.0663. The minimum Gasteiger partial charge on any atom is -0.507 e. The van der Waals surface area contributed by atoms with E-state index in [9.17, 15) is 5.11 Å². The molecule has 2 heteroatoms. The molecular formula is C11H14O2. The van der Waals surface area contributed by atoms with Gasteiger partial charge in [0.15, 0.2) is 0 Å². The monoisotopic (exact) mass is 178 g/mol. The number of benzene rings is 1. The molecule has 1 aromatic carbocycles. The van der Waals surface area contributed by atoms with Crippen LogP contribution in [0.15, 0.2) is 6.07 Å². The van der Waals surface area contributed by atoms with Crippen molar-refractivity contribution in [3.05, 3.63) is 17.2 Å². The van der Waals surface area contributed by atoms with Crippen molar-refractivity contribution in [2.24, 2.45) is 0 Å². The molecule has 13 heavy (non-hydrogen) atoms. The lowest BCUT2D eigenvalue weighted by molar-refractivity contribution is 0.370. The molecule has 0 amide bonds. The van der Waals surface area contributed by atoms with Gasteiger partial charge in [-0.1, -0.05) is 20.8 Å².